The second-order valence-electron chi connectivity index (χ2n) is 13.5. The zero-order valence-corrected chi connectivity index (χ0v) is 26.3. The van der Waals surface area contributed by atoms with Crippen molar-refractivity contribution in [2.24, 2.45) is 5.41 Å². The van der Waals surface area contributed by atoms with Crippen LogP contribution in [0.5, 0.6) is 0 Å². The van der Waals surface area contributed by atoms with Gasteiger partial charge in [0.05, 0.1) is 40.7 Å². The summed E-state index contributed by atoms with van der Waals surface area (Å²) in [7, 11) is 0. The van der Waals surface area contributed by atoms with Gasteiger partial charge >= 0.3 is 0 Å². The molecule has 1 atom stereocenters. The Morgan fingerprint density at radius 3 is 2.53 bits per heavy atom. The summed E-state index contributed by atoms with van der Waals surface area (Å²) >= 11 is 6.73. The molecule has 2 aromatic carbocycles. The van der Waals surface area contributed by atoms with Gasteiger partial charge in [0.25, 0.3) is 0 Å². The summed E-state index contributed by atoms with van der Waals surface area (Å²) in [6.45, 7) is 12.0. The standard InChI is InChI=1S/C34H41ClN8/c1-33(2,3)42-15-11-26(12-16-42)43-21-29(40-41-43)31(23-9-6-5-7-10-23)39-28-18-25(35)17-27-30(24(19-36)20-37-32(27)28)38-22-34(4)13-8-14-34/h5-7,9-10,17-18,20-21,26,31,39H,8,11-16,22H2,1-4H3,(H,37,38)/t31-/m0/s1. The third kappa shape index (κ3) is 6.20. The molecule has 9 heteroatoms. The van der Waals surface area contributed by atoms with Crippen molar-refractivity contribution >= 4 is 33.9 Å². The van der Waals surface area contributed by atoms with Gasteiger partial charge in [-0.25, -0.2) is 4.68 Å². The lowest BCUT2D eigenvalue weighted by Gasteiger charge is -2.40. The quantitative estimate of drug-likeness (QED) is 0.216. The molecule has 3 heterocycles. The Hall–Kier alpha value is -3.67. The van der Waals surface area contributed by atoms with Crippen LogP contribution >= 0.6 is 11.6 Å². The summed E-state index contributed by atoms with van der Waals surface area (Å²) in [5.41, 5.74) is 5.17. The highest BCUT2D eigenvalue weighted by atomic mass is 35.5. The zero-order valence-electron chi connectivity index (χ0n) is 25.6. The first-order valence-corrected chi connectivity index (χ1v) is 15.8. The third-order valence-electron chi connectivity index (χ3n) is 9.35. The molecule has 224 valence electrons. The van der Waals surface area contributed by atoms with Crippen LogP contribution in [0.4, 0.5) is 11.4 Å². The summed E-state index contributed by atoms with van der Waals surface area (Å²) in [6.07, 6.45) is 9.46. The molecule has 2 fully saturated rings. The maximum atomic E-state index is 9.93. The summed E-state index contributed by atoms with van der Waals surface area (Å²) in [4.78, 5) is 7.29. The van der Waals surface area contributed by atoms with Crippen molar-refractivity contribution in [3.05, 3.63) is 76.7 Å². The van der Waals surface area contributed by atoms with Crippen LogP contribution in [0.2, 0.25) is 5.02 Å². The average molecular weight is 597 g/mol. The highest BCUT2D eigenvalue weighted by Gasteiger charge is 2.32. The maximum absolute atomic E-state index is 9.93. The molecule has 4 aromatic rings. The van der Waals surface area contributed by atoms with Crippen molar-refractivity contribution in [2.45, 2.75) is 77.4 Å². The minimum Gasteiger partial charge on any atom is -0.383 e. The van der Waals surface area contributed by atoms with Gasteiger partial charge in [-0.2, -0.15) is 5.26 Å². The highest BCUT2D eigenvalue weighted by molar-refractivity contribution is 6.32. The predicted molar refractivity (Wildman–Crippen MR) is 173 cm³/mol. The van der Waals surface area contributed by atoms with Crippen molar-refractivity contribution in [3.8, 4) is 6.07 Å². The topological polar surface area (TPSA) is 94.7 Å². The van der Waals surface area contributed by atoms with E-state index in [9.17, 15) is 5.26 Å². The fourth-order valence-corrected chi connectivity index (χ4v) is 6.66. The molecule has 0 amide bonds. The van der Waals surface area contributed by atoms with Crippen LogP contribution in [0.3, 0.4) is 0 Å². The molecule has 6 rings (SSSR count). The largest absolute Gasteiger partial charge is 0.383 e. The van der Waals surface area contributed by atoms with Crippen LogP contribution in [0.15, 0.2) is 54.9 Å². The Morgan fingerprint density at radius 1 is 1.14 bits per heavy atom. The normalized spacial score (nSPS) is 18.1. The number of nitrogens with zero attached hydrogens (tertiary/aromatic N) is 6. The van der Waals surface area contributed by atoms with Crippen LogP contribution < -0.4 is 10.6 Å². The molecule has 1 aliphatic heterocycles. The molecule has 43 heavy (non-hydrogen) atoms. The number of fused-ring (bicyclic) bond motifs is 1. The van der Waals surface area contributed by atoms with Gasteiger partial charge in [0, 0.05) is 41.8 Å². The van der Waals surface area contributed by atoms with Gasteiger partial charge in [-0.05, 0) is 69.6 Å². The molecule has 2 N–H and O–H groups in total. The van der Waals surface area contributed by atoms with Crippen molar-refractivity contribution < 1.29 is 0 Å². The molecule has 8 nitrogen and oxygen atoms in total. The Morgan fingerprint density at radius 2 is 1.88 bits per heavy atom. The van der Waals surface area contributed by atoms with E-state index < -0.39 is 0 Å². The number of hydrogen-bond acceptors (Lipinski definition) is 7. The molecule has 2 aromatic heterocycles. The lowest BCUT2D eigenvalue weighted by Crippen LogP contribution is -2.46. The summed E-state index contributed by atoms with van der Waals surface area (Å²) in [5.74, 6) is 0. The van der Waals surface area contributed by atoms with E-state index in [1.54, 1.807) is 6.20 Å². The first kappa shape index (κ1) is 29.4. The first-order valence-electron chi connectivity index (χ1n) is 15.4. The van der Waals surface area contributed by atoms with E-state index >= 15 is 0 Å². The predicted octanol–water partition coefficient (Wildman–Crippen LogP) is 7.59. The number of nitrogens with one attached hydrogen (secondary N) is 2. The molecule has 0 bridgehead atoms. The number of halogens is 1. The van der Waals surface area contributed by atoms with Gasteiger partial charge in [-0.3, -0.25) is 9.88 Å². The second kappa shape index (κ2) is 11.8. The molecular formula is C34H41ClN8. The van der Waals surface area contributed by atoms with Gasteiger partial charge in [0.15, 0.2) is 0 Å². The zero-order chi connectivity index (χ0) is 30.2. The van der Waals surface area contributed by atoms with Gasteiger partial charge in [-0.15, -0.1) is 5.10 Å². The van der Waals surface area contributed by atoms with Crippen LogP contribution in [0.1, 0.15) is 88.7 Å². The molecule has 0 radical (unpaired) electrons. The number of piperidine rings is 1. The average Bonchev–Trinajstić information content (AvgIpc) is 3.47. The number of nitriles is 1. The number of hydrogen-bond donors (Lipinski definition) is 2. The summed E-state index contributed by atoms with van der Waals surface area (Å²) in [5, 5.41) is 27.9. The fraction of sp³-hybridized carbons (Fsp3) is 0.471. The molecule has 0 spiro atoms. The van der Waals surface area contributed by atoms with Crippen LogP contribution in [0.25, 0.3) is 10.9 Å². The van der Waals surface area contributed by atoms with E-state index in [0.717, 1.165) is 66.0 Å². The lowest BCUT2D eigenvalue weighted by atomic mass is 9.70. The van der Waals surface area contributed by atoms with Crippen LogP contribution in [-0.2, 0) is 0 Å². The lowest BCUT2D eigenvalue weighted by molar-refractivity contribution is 0.0866. The number of likely N-dealkylation sites (tertiary alicyclic amines) is 1. The highest BCUT2D eigenvalue weighted by Crippen LogP contribution is 2.42. The molecule has 1 aliphatic carbocycles. The minimum absolute atomic E-state index is 0.174. The van der Waals surface area contributed by atoms with Crippen molar-refractivity contribution in [3.63, 3.8) is 0 Å². The van der Waals surface area contributed by atoms with Crippen molar-refractivity contribution in [2.75, 3.05) is 30.3 Å². The molecule has 1 saturated heterocycles. The minimum atomic E-state index is -0.269. The van der Waals surface area contributed by atoms with Gasteiger partial charge in [-0.1, -0.05) is 60.5 Å². The molecule has 1 saturated carbocycles. The van der Waals surface area contributed by atoms with Crippen molar-refractivity contribution in [1.82, 2.24) is 24.9 Å². The molecule has 0 unspecified atom stereocenters. The molecular weight excluding hydrogens is 556 g/mol. The van der Waals surface area contributed by atoms with Gasteiger partial charge in [0.1, 0.15) is 11.8 Å². The first-order chi connectivity index (χ1) is 20.6. The number of benzene rings is 2. The maximum Gasteiger partial charge on any atom is 0.109 e. The fourth-order valence-electron chi connectivity index (χ4n) is 6.44. The third-order valence-corrected chi connectivity index (χ3v) is 9.57. The smallest absolute Gasteiger partial charge is 0.109 e. The van der Waals surface area contributed by atoms with Gasteiger partial charge < -0.3 is 10.6 Å². The summed E-state index contributed by atoms with van der Waals surface area (Å²) in [6, 6.07) is 16.5. The number of anilines is 2. The number of pyridine rings is 1. The number of aromatic nitrogens is 4. The van der Waals surface area contributed by atoms with E-state index in [1.807, 2.05) is 35.0 Å². The Balaban J connectivity index is 1.33. The van der Waals surface area contributed by atoms with E-state index in [-0.39, 0.29) is 17.0 Å². The Kier molecular flexibility index (Phi) is 8.06. The van der Waals surface area contributed by atoms with E-state index in [2.05, 4.69) is 77.9 Å². The van der Waals surface area contributed by atoms with E-state index in [4.69, 9.17) is 16.6 Å². The second-order valence-corrected chi connectivity index (χ2v) is 14.0. The summed E-state index contributed by atoms with van der Waals surface area (Å²) < 4.78 is 2.05. The Bertz CT molecular complexity index is 1620. The Labute approximate surface area is 259 Å². The van der Waals surface area contributed by atoms with Crippen LogP contribution in [0, 0.1) is 16.7 Å². The monoisotopic (exact) mass is 596 g/mol. The van der Waals surface area contributed by atoms with E-state index in [1.165, 1.54) is 19.3 Å². The number of rotatable bonds is 8. The molecule has 2 aliphatic rings. The van der Waals surface area contributed by atoms with E-state index in [0.29, 0.717) is 16.6 Å². The van der Waals surface area contributed by atoms with Gasteiger partial charge in [0.2, 0.25) is 0 Å². The van der Waals surface area contributed by atoms with Crippen LogP contribution in [-0.4, -0.2) is 50.1 Å². The van der Waals surface area contributed by atoms with Crippen molar-refractivity contribution in [1.29, 1.82) is 5.26 Å². The SMILES string of the molecule is CC1(CNc2c(C#N)cnc3c(N[C@@H](c4ccccc4)c4cn(C5CCN(C(C)(C)C)CC5)nn4)cc(Cl)cc23)CCC1.